The van der Waals surface area contributed by atoms with Crippen LogP contribution in [0.1, 0.15) is 21.7 Å². The molecule has 3 amide bonds. The monoisotopic (exact) mass is 503 g/mol. The molecule has 1 aromatic carbocycles. The molecular weight excluding hydrogens is 478 g/mol. The molecule has 4 aliphatic heterocycles. The second-order valence-corrected chi connectivity index (χ2v) is 9.86. The Hall–Kier alpha value is -3.96. The molecule has 2 aromatic heterocycles. The van der Waals surface area contributed by atoms with Crippen molar-refractivity contribution < 1.29 is 28.3 Å². The van der Waals surface area contributed by atoms with Gasteiger partial charge in [0.05, 0.1) is 26.4 Å². The topological polar surface area (TPSA) is 136 Å². The van der Waals surface area contributed by atoms with Gasteiger partial charge in [0.1, 0.15) is 34.3 Å². The van der Waals surface area contributed by atoms with E-state index in [-0.39, 0.29) is 18.4 Å². The van der Waals surface area contributed by atoms with E-state index in [9.17, 15) is 14.4 Å². The van der Waals surface area contributed by atoms with Crippen LogP contribution in [0.15, 0.2) is 40.8 Å². The molecule has 6 heterocycles. The van der Waals surface area contributed by atoms with Gasteiger partial charge in [0.15, 0.2) is 5.58 Å². The van der Waals surface area contributed by atoms with Crippen molar-refractivity contribution in [2.75, 3.05) is 44.9 Å². The number of rotatable bonds is 5. The number of hydrogen-bond donors (Lipinski definition) is 2. The minimum atomic E-state index is -1.29. The van der Waals surface area contributed by atoms with Crippen molar-refractivity contribution in [1.29, 1.82) is 0 Å². The summed E-state index contributed by atoms with van der Waals surface area (Å²) >= 11 is 0. The van der Waals surface area contributed by atoms with Crippen molar-refractivity contribution in [2.45, 2.75) is 24.0 Å². The molecule has 4 aliphatic rings. The molecule has 0 spiro atoms. The lowest BCUT2D eigenvalue weighted by molar-refractivity contribution is -0.137. The predicted molar refractivity (Wildman–Crippen MR) is 130 cm³/mol. The zero-order valence-corrected chi connectivity index (χ0v) is 20.2. The third-order valence-corrected chi connectivity index (χ3v) is 7.81. The summed E-state index contributed by atoms with van der Waals surface area (Å²) in [4.78, 5) is 47.9. The third kappa shape index (κ3) is 3.34. The van der Waals surface area contributed by atoms with Gasteiger partial charge in [-0.15, -0.1) is 0 Å². The number of nitrogens with one attached hydrogen (secondary N) is 2. The first-order valence-electron chi connectivity index (χ1n) is 12.3. The van der Waals surface area contributed by atoms with E-state index >= 15 is 0 Å². The maximum absolute atomic E-state index is 13.6. The van der Waals surface area contributed by atoms with Crippen molar-refractivity contribution in [3.8, 4) is 5.75 Å². The summed E-state index contributed by atoms with van der Waals surface area (Å²) in [6, 6.07) is 9.88. The number of pyridine rings is 1. The average molecular weight is 504 g/mol. The summed E-state index contributed by atoms with van der Waals surface area (Å²) < 4.78 is 17.0. The van der Waals surface area contributed by atoms with Crippen LogP contribution in [0, 0.1) is 0 Å². The number of imide groups is 1. The van der Waals surface area contributed by atoms with E-state index in [0.717, 1.165) is 24.5 Å². The van der Waals surface area contributed by atoms with Gasteiger partial charge in [-0.1, -0.05) is 6.07 Å². The van der Waals surface area contributed by atoms with Crippen molar-refractivity contribution >= 4 is 34.6 Å². The molecule has 0 radical (unpaired) electrons. The highest BCUT2D eigenvalue weighted by Gasteiger charge is 2.67. The summed E-state index contributed by atoms with van der Waals surface area (Å²) in [7, 11) is 1.55. The van der Waals surface area contributed by atoms with Crippen LogP contribution in [-0.2, 0) is 26.3 Å². The van der Waals surface area contributed by atoms with E-state index < -0.39 is 23.4 Å². The zero-order chi connectivity index (χ0) is 25.3. The third-order valence-electron chi connectivity index (χ3n) is 7.81. The molecule has 37 heavy (non-hydrogen) atoms. The SMILES string of the molecule is COc1ccc2c(c1)C(=O)N(C[C@]1(c3cc4nc(N5CCOCC5)ccc4o3)C(=O)NC(=O)C3NC31)C2. The Morgan fingerprint density at radius 3 is 2.78 bits per heavy atom. The summed E-state index contributed by atoms with van der Waals surface area (Å²) in [5, 5.41) is 5.64. The molecule has 3 fully saturated rings. The molecule has 3 saturated heterocycles. The Kier molecular flexibility index (Phi) is 4.82. The fourth-order valence-electron chi connectivity index (χ4n) is 5.75. The Balaban J connectivity index is 1.27. The number of aromatic nitrogens is 1. The molecule has 3 aromatic rings. The quantitative estimate of drug-likeness (QED) is 0.378. The first kappa shape index (κ1) is 22.3. The Bertz CT molecular complexity index is 1460. The Morgan fingerprint density at radius 1 is 1.14 bits per heavy atom. The highest BCUT2D eigenvalue weighted by molar-refractivity contribution is 6.10. The average Bonchev–Trinajstić information content (AvgIpc) is 3.54. The summed E-state index contributed by atoms with van der Waals surface area (Å²) in [6.07, 6.45) is 0. The number of fused-ring (bicyclic) bond motifs is 3. The number of carbonyl (C=O) groups is 3. The number of morpholine rings is 1. The maximum atomic E-state index is 13.6. The largest absolute Gasteiger partial charge is 0.497 e. The molecule has 0 aliphatic carbocycles. The van der Waals surface area contributed by atoms with Crippen molar-refractivity contribution in [3.05, 3.63) is 53.3 Å². The van der Waals surface area contributed by atoms with Crippen molar-refractivity contribution in [2.24, 2.45) is 0 Å². The maximum Gasteiger partial charge on any atom is 0.254 e. The number of piperidine rings is 1. The second-order valence-electron chi connectivity index (χ2n) is 9.86. The number of anilines is 1. The van der Waals surface area contributed by atoms with E-state index in [1.807, 2.05) is 24.3 Å². The van der Waals surface area contributed by atoms with Gasteiger partial charge in [-0.25, -0.2) is 4.98 Å². The van der Waals surface area contributed by atoms with Crippen LogP contribution < -0.4 is 20.3 Å². The van der Waals surface area contributed by atoms with E-state index in [4.69, 9.17) is 18.9 Å². The number of carbonyl (C=O) groups excluding carboxylic acids is 3. The number of methoxy groups -OCH3 is 1. The van der Waals surface area contributed by atoms with Gasteiger partial charge in [0.25, 0.3) is 5.91 Å². The van der Waals surface area contributed by atoms with Crippen LogP contribution >= 0.6 is 0 Å². The summed E-state index contributed by atoms with van der Waals surface area (Å²) in [5.41, 5.74) is 1.26. The van der Waals surface area contributed by atoms with E-state index in [1.165, 1.54) is 0 Å². The molecule has 190 valence electrons. The number of amides is 3. The van der Waals surface area contributed by atoms with Gasteiger partial charge in [-0.2, -0.15) is 0 Å². The molecular formula is C26H25N5O6. The van der Waals surface area contributed by atoms with E-state index in [1.54, 1.807) is 24.1 Å². The van der Waals surface area contributed by atoms with Gasteiger partial charge < -0.3 is 23.7 Å². The van der Waals surface area contributed by atoms with Crippen LogP contribution in [0.2, 0.25) is 0 Å². The highest BCUT2D eigenvalue weighted by Crippen LogP contribution is 2.43. The number of benzene rings is 1. The lowest BCUT2D eigenvalue weighted by Gasteiger charge is -2.35. The fourth-order valence-corrected chi connectivity index (χ4v) is 5.75. The first-order chi connectivity index (χ1) is 18.0. The van der Waals surface area contributed by atoms with Crippen molar-refractivity contribution in [1.82, 2.24) is 20.5 Å². The Morgan fingerprint density at radius 2 is 1.97 bits per heavy atom. The lowest BCUT2D eigenvalue weighted by Crippen LogP contribution is -2.61. The van der Waals surface area contributed by atoms with Crippen LogP contribution in [0.3, 0.4) is 0 Å². The molecule has 2 unspecified atom stereocenters. The smallest absolute Gasteiger partial charge is 0.254 e. The molecule has 11 nitrogen and oxygen atoms in total. The number of furan rings is 1. The fraction of sp³-hybridized carbons (Fsp3) is 0.385. The van der Waals surface area contributed by atoms with Crippen LogP contribution in [0.5, 0.6) is 5.75 Å². The minimum absolute atomic E-state index is 0.0479. The van der Waals surface area contributed by atoms with Gasteiger partial charge in [0.2, 0.25) is 11.8 Å². The molecule has 11 heteroatoms. The minimum Gasteiger partial charge on any atom is -0.497 e. The second kappa shape index (κ2) is 8.02. The highest BCUT2D eigenvalue weighted by atomic mass is 16.5. The van der Waals surface area contributed by atoms with Gasteiger partial charge in [-0.3, -0.25) is 25.0 Å². The van der Waals surface area contributed by atoms with Crippen LogP contribution in [0.4, 0.5) is 5.82 Å². The number of nitrogens with zero attached hydrogens (tertiary/aromatic N) is 3. The van der Waals surface area contributed by atoms with E-state index in [2.05, 4.69) is 15.5 Å². The normalized spacial score (nSPS) is 26.8. The van der Waals surface area contributed by atoms with Gasteiger partial charge in [0, 0.05) is 37.8 Å². The van der Waals surface area contributed by atoms with E-state index in [0.29, 0.717) is 47.9 Å². The van der Waals surface area contributed by atoms with Crippen LogP contribution in [0.25, 0.3) is 11.1 Å². The van der Waals surface area contributed by atoms with Gasteiger partial charge in [-0.05, 0) is 29.8 Å². The standard InChI is InChI=1S/C26H25N5O6/c1-35-15-3-2-14-12-31(24(33)16(14)10-15)13-26(22-21(28-22)23(32)29-25(26)34)19-11-17-18(37-19)4-5-20(27-17)30-6-8-36-9-7-30/h2-5,10-11,21-22,28H,6-9,12-13H2,1H3,(H,29,32,34)/t21?,22?,26-/m1/s1. The van der Waals surface area contributed by atoms with Gasteiger partial charge >= 0.3 is 0 Å². The van der Waals surface area contributed by atoms with Crippen LogP contribution in [-0.4, -0.2) is 79.6 Å². The lowest BCUT2D eigenvalue weighted by atomic mass is 9.76. The molecule has 0 saturated carbocycles. The summed E-state index contributed by atoms with van der Waals surface area (Å²) in [5.74, 6) is 0.724. The molecule has 2 N–H and O–H groups in total. The first-order valence-corrected chi connectivity index (χ1v) is 12.3. The molecule has 0 bridgehead atoms. The molecule has 3 atom stereocenters. The molecule has 7 rings (SSSR count). The van der Waals surface area contributed by atoms with Crippen molar-refractivity contribution in [3.63, 3.8) is 0 Å². The Labute approximate surface area is 211 Å². The zero-order valence-electron chi connectivity index (χ0n) is 20.2. The number of ether oxygens (including phenoxy) is 2. The summed E-state index contributed by atoms with van der Waals surface area (Å²) in [6.45, 7) is 3.16. The number of hydrogen-bond acceptors (Lipinski definition) is 9. The predicted octanol–water partition coefficient (Wildman–Crippen LogP) is 0.564.